The molecule has 0 aliphatic rings. The van der Waals surface area contributed by atoms with Gasteiger partial charge in [0, 0.05) is 4.90 Å². The number of furan rings is 1. The van der Waals surface area contributed by atoms with Crippen LogP contribution in [0.15, 0.2) is 45.9 Å². The molecule has 0 saturated carbocycles. The zero-order valence-corrected chi connectivity index (χ0v) is 10.2. The van der Waals surface area contributed by atoms with Crippen molar-refractivity contribution in [3.63, 3.8) is 0 Å². The standard InChI is InChI=1S/C13H13FO2S/c1-9(15)10-4-5-13(12(14)7-10)17-8-11-3-2-6-16-11/h2-7,9,15H,8H2,1H3. The number of hydrogen-bond donors (Lipinski definition) is 1. The quantitative estimate of drug-likeness (QED) is 0.841. The van der Waals surface area contributed by atoms with Gasteiger partial charge in [0.2, 0.25) is 0 Å². The van der Waals surface area contributed by atoms with Gasteiger partial charge in [-0.15, -0.1) is 11.8 Å². The lowest BCUT2D eigenvalue weighted by atomic mass is 10.1. The third kappa shape index (κ3) is 3.11. The van der Waals surface area contributed by atoms with Crippen molar-refractivity contribution in [2.45, 2.75) is 23.7 Å². The van der Waals surface area contributed by atoms with Crippen molar-refractivity contribution >= 4 is 11.8 Å². The number of rotatable bonds is 4. The fourth-order valence-corrected chi connectivity index (χ4v) is 2.26. The van der Waals surface area contributed by atoms with Crippen LogP contribution in [0.4, 0.5) is 4.39 Å². The highest BCUT2D eigenvalue weighted by Crippen LogP contribution is 2.27. The molecule has 0 fully saturated rings. The Balaban J connectivity index is 2.06. The second-order valence-corrected chi connectivity index (χ2v) is 4.75. The van der Waals surface area contributed by atoms with Gasteiger partial charge < -0.3 is 9.52 Å². The van der Waals surface area contributed by atoms with Crippen molar-refractivity contribution in [1.29, 1.82) is 0 Å². The first-order chi connectivity index (χ1) is 8.16. The summed E-state index contributed by atoms with van der Waals surface area (Å²) >= 11 is 1.37. The summed E-state index contributed by atoms with van der Waals surface area (Å²) < 4.78 is 18.9. The molecule has 0 bridgehead atoms. The van der Waals surface area contributed by atoms with Gasteiger partial charge in [0.05, 0.1) is 18.1 Å². The van der Waals surface area contributed by atoms with Crippen LogP contribution in [0.2, 0.25) is 0 Å². The lowest BCUT2D eigenvalue weighted by Crippen LogP contribution is -1.93. The van der Waals surface area contributed by atoms with Gasteiger partial charge in [0.25, 0.3) is 0 Å². The average Bonchev–Trinajstić information content (AvgIpc) is 2.80. The van der Waals surface area contributed by atoms with E-state index >= 15 is 0 Å². The van der Waals surface area contributed by atoms with Crippen LogP contribution < -0.4 is 0 Å². The van der Waals surface area contributed by atoms with Crippen LogP contribution in [0, 0.1) is 5.82 Å². The topological polar surface area (TPSA) is 33.4 Å². The van der Waals surface area contributed by atoms with E-state index in [4.69, 9.17) is 4.42 Å². The highest BCUT2D eigenvalue weighted by molar-refractivity contribution is 7.98. The van der Waals surface area contributed by atoms with Crippen molar-refractivity contribution in [2.75, 3.05) is 0 Å². The first-order valence-corrected chi connectivity index (χ1v) is 6.28. The van der Waals surface area contributed by atoms with Crippen molar-refractivity contribution in [1.82, 2.24) is 0 Å². The molecule has 1 atom stereocenters. The number of aliphatic hydroxyl groups is 1. The SMILES string of the molecule is CC(O)c1ccc(SCc2ccco2)c(F)c1. The van der Waals surface area contributed by atoms with Crippen LogP contribution >= 0.6 is 11.8 Å². The fraction of sp³-hybridized carbons (Fsp3) is 0.231. The van der Waals surface area contributed by atoms with Gasteiger partial charge in [0.1, 0.15) is 11.6 Å². The molecule has 0 spiro atoms. The van der Waals surface area contributed by atoms with E-state index in [2.05, 4.69) is 0 Å². The van der Waals surface area contributed by atoms with E-state index in [0.717, 1.165) is 5.76 Å². The molecule has 1 aromatic carbocycles. The highest BCUT2D eigenvalue weighted by atomic mass is 32.2. The molecule has 0 saturated heterocycles. The Morgan fingerprint density at radius 1 is 1.41 bits per heavy atom. The van der Waals surface area contributed by atoms with E-state index in [-0.39, 0.29) is 5.82 Å². The van der Waals surface area contributed by atoms with E-state index < -0.39 is 6.10 Å². The lowest BCUT2D eigenvalue weighted by Gasteiger charge is -2.07. The molecule has 2 rings (SSSR count). The molecular formula is C13H13FO2S. The molecule has 4 heteroatoms. The van der Waals surface area contributed by atoms with Crippen molar-refractivity contribution in [3.8, 4) is 0 Å². The lowest BCUT2D eigenvalue weighted by molar-refractivity contribution is 0.198. The Bertz CT molecular complexity index is 480. The summed E-state index contributed by atoms with van der Waals surface area (Å²) in [5.41, 5.74) is 0.588. The average molecular weight is 252 g/mol. The Kier molecular flexibility index (Phi) is 3.86. The summed E-state index contributed by atoms with van der Waals surface area (Å²) in [6.45, 7) is 1.62. The summed E-state index contributed by atoms with van der Waals surface area (Å²) in [6, 6.07) is 8.45. The smallest absolute Gasteiger partial charge is 0.137 e. The number of hydrogen-bond acceptors (Lipinski definition) is 3. The Labute approximate surface area is 103 Å². The summed E-state index contributed by atoms with van der Waals surface area (Å²) in [7, 11) is 0. The third-order valence-corrected chi connectivity index (χ3v) is 3.46. The van der Waals surface area contributed by atoms with Crippen molar-refractivity contribution in [2.24, 2.45) is 0 Å². The molecule has 1 aromatic heterocycles. The van der Waals surface area contributed by atoms with Gasteiger partial charge >= 0.3 is 0 Å². The molecule has 0 amide bonds. The second kappa shape index (κ2) is 5.38. The van der Waals surface area contributed by atoms with E-state index in [0.29, 0.717) is 16.2 Å². The van der Waals surface area contributed by atoms with E-state index in [1.807, 2.05) is 12.1 Å². The molecule has 90 valence electrons. The van der Waals surface area contributed by atoms with E-state index in [1.54, 1.807) is 25.3 Å². The van der Waals surface area contributed by atoms with E-state index in [1.165, 1.54) is 17.8 Å². The van der Waals surface area contributed by atoms with Gasteiger partial charge in [-0.2, -0.15) is 0 Å². The fourth-order valence-electron chi connectivity index (χ4n) is 1.44. The zero-order valence-electron chi connectivity index (χ0n) is 9.39. The highest BCUT2D eigenvalue weighted by Gasteiger charge is 2.08. The normalized spacial score (nSPS) is 12.6. The molecule has 0 aliphatic heterocycles. The first kappa shape index (κ1) is 12.2. The van der Waals surface area contributed by atoms with Gasteiger partial charge in [-0.1, -0.05) is 6.07 Å². The monoisotopic (exact) mass is 252 g/mol. The zero-order chi connectivity index (χ0) is 12.3. The minimum Gasteiger partial charge on any atom is -0.468 e. The van der Waals surface area contributed by atoms with Gasteiger partial charge in [-0.25, -0.2) is 4.39 Å². The number of aliphatic hydroxyl groups excluding tert-OH is 1. The number of benzene rings is 1. The Hall–Kier alpha value is -1.26. The molecule has 2 aromatic rings. The van der Waals surface area contributed by atoms with Gasteiger partial charge in [0.15, 0.2) is 0 Å². The molecule has 17 heavy (non-hydrogen) atoms. The maximum Gasteiger partial charge on any atom is 0.137 e. The second-order valence-electron chi connectivity index (χ2n) is 3.73. The van der Waals surface area contributed by atoms with Crippen LogP contribution in [0.25, 0.3) is 0 Å². The van der Waals surface area contributed by atoms with Crippen LogP contribution in [0.1, 0.15) is 24.4 Å². The van der Waals surface area contributed by atoms with Crippen molar-refractivity contribution < 1.29 is 13.9 Å². The third-order valence-electron chi connectivity index (χ3n) is 2.39. The number of halogens is 1. The van der Waals surface area contributed by atoms with Crippen LogP contribution in [0.5, 0.6) is 0 Å². The largest absolute Gasteiger partial charge is 0.468 e. The Morgan fingerprint density at radius 3 is 2.82 bits per heavy atom. The minimum atomic E-state index is -0.645. The summed E-state index contributed by atoms with van der Waals surface area (Å²) in [5.74, 6) is 1.10. The van der Waals surface area contributed by atoms with Crippen molar-refractivity contribution in [3.05, 3.63) is 53.7 Å². The van der Waals surface area contributed by atoms with Crippen LogP contribution in [-0.4, -0.2) is 5.11 Å². The predicted molar refractivity (Wildman–Crippen MR) is 65.3 cm³/mol. The maximum atomic E-state index is 13.7. The summed E-state index contributed by atoms with van der Waals surface area (Å²) in [5, 5.41) is 9.33. The molecule has 2 nitrogen and oxygen atoms in total. The number of thioether (sulfide) groups is 1. The molecule has 0 radical (unpaired) electrons. The Morgan fingerprint density at radius 2 is 2.24 bits per heavy atom. The predicted octanol–water partition coefficient (Wildman–Crippen LogP) is 3.76. The van der Waals surface area contributed by atoms with Crippen LogP contribution in [0.3, 0.4) is 0 Å². The molecule has 1 heterocycles. The summed E-state index contributed by atoms with van der Waals surface area (Å²) in [6.07, 6.45) is 0.955. The summed E-state index contributed by atoms with van der Waals surface area (Å²) in [4.78, 5) is 0.561. The minimum absolute atomic E-state index is 0.306. The van der Waals surface area contributed by atoms with Gasteiger partial charge in [-0.3, -0.25) is 0 Å². The van der Waals surface area contributed by atoms with E-state index in [9.17, 15) is 9.50 Å². The molecule has 0 aliphatic carbocycles. The molecule has 1 unspecified atom stereocenters. The first-order valence-electron chi connectivity index (χ1n) is 5.29. The molecular weight excluding hydrogens is 239 g/mol. The molecule has 1 N–H and O–H groups in total. The maximum absolute atomic E-state index is 13.7. The van der Waals surface area contributed by atoms with Crippen LogP contribution in [-0.2, 0) is 5.75 Å². The van der Waals surface area contributed by atoms with Gasteiger partial charge in [-0.05, 0) is 36.8 Å².